The van der Waals surface area contributed by atoms with Gasteiger partial charge in [0, 0.05) is 10.6 Å². The summed E-state index contributed by atoms with van der Waals surface area (Å²) in [6, 6.07) is 15.1. The molecule has 1 atom stereocenters. The Kier molecular flexibility index (Phi) is 5.52. The molecule has 0 aliphatic carbocycles. The second kappa shape index (κ2) is 7.59. The van der Waals surface area contributed by atoms with Gasteiger partial charge in [-0.25, -0.2) is 0 Å². The van der Waals surface area contributed by atoms with Crippen molar-refractivity contribution in [2.45, 2.75) is 12.5 Å². The third kappa shape index (κ3) is 4.58. The molecule has 2 amide bonds. The Balaban J connectivity index is 1.82. The molecule has 2 aromatic carbocycles. The molecule has 0 saturated carbocycles. The van der Waals surface area contributed by atoms with Gasteiger partial charge in [0.2, 0.25) is 5.91 Å². The van der Waals surface area contributed by atoms with Crippen LogP contribution in [0.5, 0.6) is 0 Å². The summed E-state index contributed by atoms with van der Waals surface area (Å²) in [4.78, 5) is 23.5. The highest BCUT2D eigenvalue weighted by Crippen LogP contribution is 2.15. The van der Waals surface area contributed by atoms with Gasteiger partial charge in [-0.2, -0.15) is 0 Å². The van der Waals surface area contributed by atoms with Gasteiger partial charge < -0.3 is 5.11 Å². The molecule has 0 bridgehead atoms. The second-order valence-corrected chi connectivity index (χ2v) is 5.08. The predicted molar refractivity (Wildman–Crippen MR) is 83.1 cm³/mol. The van der Waals surface area contributed by atoms with Crippen LogP contribution < -0.4 is 10.9 Å². The number of benzene rings is 2. The highest BCUT2D eigenvalue weighted by Gasteiger charge is 2.13. The lowest BCUT2D eigenvalue weighted by Crippen LogP contribution is -2.42. The molecule has 0 heterocycles. The number of aliphatic hydroxyl groups excluding tert-OH is 1. The minimum absolute atomic E-state index is 0.148. The molecule has 0 aliphatic rings. The number of aliphatic hydroxyl groups is 1. The number of hydrogen-bond donors (Lipinski definition) is 3. The van der Waals surface area contributed by atoms with E-state index in [-0.39, 0.29) is 6.42 Å². The maximum Gasteiger partial charge on any atom is 0.269 e. The first-order valence-electron chi connectivity index (χ1n) is 6.64. The third-order valence-corrected chi connectivity index (χ3v) is 3.24. The van der Waals surface area contributed by atoms with E-state index in [2.05, 4.69) is 10.9 Å². The molecule has 114 valence electrons. The molecular formula is C16H15ClN2O3. The monoisotopic (exact) mass is 318 g/mol. The molecule has 2 rings (SSSR count). The molecule has 22 heavy (non-hydrogen) atoms. The van der Waals surface area contributed by atoms with Crippen molar-refractivity contribution in [1.82, 2.24) is 10.9 Å². The summed E-state index contributed by atoms with van der Waals surface area (Å²) in [5, 5.41) is 10.4. The van der Waals surface area contributed by atoms with Gasteiger partial charge in [-0.1, -0.05) is 41.9 Å². The Bertz CT molecular complexity index is 644. The van der Waals surface area contributed by atoms with E-state index in [1.807, 2.05) is 6.07 Å². The van der Waals surface area contributed by atoms with Crippen molar-refractivity contribution < 1.29 is 14.7 Å². The summed E-state index contributed by atoms with van der Waals surface area (Å²) in [7, 11) is 0. The van der Waals surface area contributed by atoms with Crippen LogP contribution in [0.1, 0.15) is 28.4 Å². The lowest BCUT2D eigenvalue weighted by molar-refractivity contribution is -0.123. The number of amides is 2. The average Bonchev–Trinajstić information content (AvgIpc) is 2.54. The molecule has 0 saturated heterocycles. The van der Waals surface area contributed by atoms with Crippen molar-refractivity contribution in [2.24, 2.45) is 0 Å². The van der Waals surface area contributed by atoms with Crippen LogP contribution in [0.25, 0.3) is 0 Å². The molecule has 2 aromatic rings. The van der Waals surface area contributed by atoms with Crippen LogP contribution in [0.15, 0.2) is 54.6 Å². The number of halogens is 1. The normalized spacial score (nSPS) is 11.5. The van der Waals surface area contributed by atoms with Gasteiger partial charge in [0.15, 0.2) is 0 Å². The largest absolute Gasteiger partial charge is 0.388 e. The molecule has 0 aliphatic heterocycles. The highest BCUT2D eigenvalue weighted by atomic mass is 35.5. The Morgan fingerprint density at radius 1 is 1.00 bits per heavy atom. The molecule has 0 fully saturated rings. The first-order valence-corrected chi connectivity index (χ1v) is 7.02. The van der Waals surface area contributed by atoms with Crippen LogP contribution in [-0.4, -0.2) is 16.9 Å². The van der Waals surface area contributed by atoms with Gasteiger partial charge in [-0.3, -0.25) is 20.4 Å². The topological polar surface area (TPSA) is 78.4 Å². The minimum Gasteiger partial charge on any atom is -0.388 e. The first kappa shape index (κ1) is 16.0. The Morgan fingerprint density at radius 2 is 1.64 bits per heavy atom. The molecular weight excluding hydrogens is 304 g/mol. The molecule has 5 nitrogen and oxygen atoms in total. The third-order valence-electron chi connectivity index (χ3n) is 2.98. The van der Waals surface area contributed by atoms with Gasteiger partial charge >= 0.3 is 0 Å². The fraction of sp³-hybridized carbons (Fsp3) is 0.125. The maximum absolute atomic E-state index is 11.8. The number of carbonyl (C=O) groups is 2. The molecule has 1 unspecified atom stereocenters. The van der Waals surface area contributed by atoms with E-state index in [4.69, 9.17) is 11.6 Å². The van der Waals surface area contributed by atoms with E-state index in [0.29, 0.717) is 16.1 Å². The van der Waals surface area contributed by atoms with E-state index >= 15 is 0 Å². The Labute approximate surface area is 132 Å². The fourth-order valence-corrected chi connectivity index (χ4v) is 1.95. The molecule has 0 radical (unpaired) electrons. The van der Waals surface area contributed by atoms with Crippen molar-refractivity contribution in [3.63, 3.8) is 0 Å². The van der Waals surface area contributed by atoms with Crippen molar-refractivity contribution in [3.05, 3.63) is 70.7 Å². The summed E-state index contributed by atoms with van der Waals surface area (Å²) in [6.45, 7) is 0. The number of hydrazine groups is 1. The number of nitrogens with one attached hydrogen (secondary N) is 2. The van der Waals surface area contributed by atoms with Crippen LogP contribution >= 0.6 is 11.6 Å². The van der Waals surface area contributed by atoms with Crippen LogP contribution in [0, 0.1) is 0 Å². The second-order valence-electron chi connectivity index (χ2n) is 4.64. The fourth-order valence-electron chi connectivity index (χ4n) is 1.82. The molecule has 0 aromatic heterocycles. The van der Waals surface area contributed by atoms with Gasteiger partial charge in [-0.05, 0) is 29.8 Å². The number of hydrogen-bond acceptors (Lipinski definition) is 3. The quantitative estimate of drug-likeness (QED) is 0.756. The van der Waals surface area contributed by atoms with E-state index in [1.165, 1.54) is 0 Å². The Hall–Kier alpha value is -2.37. The zero-order valence-corrected chi connectivity index (χ0v) is 12.4. The average molecular weight is 319 g/mol. The van der Waals surface area contributed by atoms with E-state index in [9.17, 15) is 14.7 Å². The smallest absolute Gasteiger partial charge is 0.269 e. The summed E-state index contributed by atoms with van der Waals surface area (Å²) in [6.07, 6.45) is -1.07. The van der Waals surface area contributed by atoms with Crippen LogP contribution in [-0.2, 0) is 4.79 Å². The Morgan fingerprint density at radius 3 is 2.27 bits per heavy atom. The van der Waals surface area contributed by atoms with Gasteiger partial charge in [0.1, 0.15) is 0 Å². The lowest BCUT2D eigenvalue weighted by atomic mass is 10.1. The highest BCUT2D eigenvalue weighted by molar-refractivity contribution is 6.30. The van der Waals surface area contributed by atoms with Crippen molar-refractivity contribution >= 4 is 23.4 Å². The van der Waals surface area contributed by atoms with E-state index < -0.39 is 17.9 Å². The standard InChI is InChI=1S/C16H15ClN2O3/c17-13-8-6-12(7-9-13)16(22)19-18-15(21)10-14(20)11-4-2-1-3-5-11/h1-9,14,20H,10H2,(H,18,21)(H,19,22). The molecule has 0 spiro atoms. The van der Waals surface area contributed by atoms with Gasteiger partial charge in [-0.15, -0.1) is 0 Å². The van der Waals surface area contributed by atoms with Crippen molar-refractivity contribution in [2.75, 3.05) is 0 Å². The van der Waals surface area contributed by atoms with Crippen LogP contribution in [0.4, 0.5) is 0 Å². The first-order chi connectivity index (χ1) is 10.6. The zero-order chi connectivity index (χ0) is 15.9. The zero-order valence-electron chi connectivity index (χ0n) is 11.6. The van der Waals surface area contributed by atoms with Crippen molar-refractivity contribution in [3.8, 4) is 0 Å². The molecule has 6 heteroatoms. The molecule has 3 N–H and O–H groups in total. The summed E-state index contributed by atoms with van der Waals surface area (Å²) in [5.74, 6) is -0.946. The summed E-state index contributed by atoms with van der Waals surface area (Å²) in [5.41, 5.74) is 5.56. The number of carbonyl (C=O) groups excluding carboxylic acids is 2. The summed E-state index contributed by atoms with van der Waals surface area (Å²) >= 11 is 5.73. The summed E-state index contributed by atoms with van der Waals surface area (Å²) < 4.78 is 0. The van der Waals surface area contributed by atoms with Crippen LogP contribution in [0.3, 0.4) is 0 Å². The van der Waals surface area contributed by atoms with Crippen molar-refractivity contribution in [1.29, 1.82) is 0 Å². The predicted octanol–water partition coefficient (Wildman–Crippen LogP) is 2.22. The maximum atomic E-state index is 11.8. The van der Waals surface area contributed by atoms with Gasteiger partial charge in [0.25, 0.3) is 5.91 Å². The number of rotatable bonds is 4. The van der Waals surface area contributed by atoms with E-state index in [0.717, 1.165) is 0 Å². The van der Waals surface area contributed by atoms with E-state index in [1.54, 1.807) is 48.5 Å². The lowest BCUT2D eigenvalue weighted by Gasteiger charge is -2.12. The van der Waals surface area contributed by atoms with Crippen LogP contribution in [0.2, 0.25) is 5.02 Å². The SMILES string of the molecule is O=C(CC(O)c1ccccc1)NNC(=O)c1ccc(Cl)cc1. The van der Waals surface area contributed by atoms with Gasteiger partial charge in [0.05, 0.1) is 12.5 Å². The minimum atomic E-state index is -0.923.